The third-order valence-electron chi connectivity index (χ3n) is 4.49. The van der Waals surface area contributed by atoms with Crippen LogP contribution in [0.15, 0.2) is 54.9 Å². The molecule has 3 N–H and O–H groups in total. The van der Waals surface area contributed by atoms with Crippen molar-refractivity contribution >= 4 is 29.9 Å². The third-order valence-corrected chi connectivity index (χ3v) is 4.72. The number of nitrogens with zero attached hydrogens (tertiary/aromatic N) is 4. The monoisotopic (exact) mass is 485 g/mol. The summed E-state index contributed by atoms with van der Waals surface area (Å²) in [6.45, 7) is 5.13. The Labute approximate surface area is 200 Å². The van der Waals surface area contributed by atoms with Gasteiger partial charge >= 0.3 is 6.09 Å². The number of aldehydes is 1. The van der Waals surface area contributed by atoms with Gasteiger partial charge < -0.3 is 14.8 Å². The first-order valence-corrected chi connectivity index (χ1v) is 10.6. The van der Waals surface area contributed by atoms with E-state index in [4.69, 9.17) is 16.3 Å². The second-order valence-corrected chi connectivity index (χ2v) is 8.65. The Kier molecular flexibility index (Phi) is 7.92. The molecule has 178 valence electrons. The number of hydrogen-bond acceptors (Lipinski definition) is 8. The van der Waals surface area contributed by atoms with Crippen LogP contribution in [-0.2, 0) is 9.53 Å². The maximum absolute atomic E-state index is 13.1. The molecule has 3 rings (SSSR count). The Morgan fingerprint density at radius 3 is 2.50 bits per heavy atom. The molecular formula is C22H24ClN7O4. The minimum Gasteiger partial charge on any atom is -0.444 e. The van der Waals surface area contributed by atoms with E-state index < -0.39 is 29.7 Å². The molecule has 2 amide bonds. The Morgan fingerprint density at radius 1 is 1.15 bits per heavy atom. The molecule has 1 aromatic heterocycles. The molecule has 0 fully saturated rings. The molecule has 11 nitrogen and oxygen atoms in total. The quantitative estimate of drug-likeness (QED) is 0.326. The standard InChI is InChI=1S/C22H24ClN7O4/c1-22(2,3)34-21(33)25-17(12-31)19(14-7-5-4-6-8-14)26-27-20(32)16-11-15(23)9-10-18(16)30-13-24-28-29-30/h4-13,17,19,26H,1-3H3,(H,25,33)(H,27,32). The molecule has 0 saturated heterocycles. The van der Waals surface area contributed by atoms with Gasteiger partial charge in [-0.05, 0) is 55.0 Å². The Hall–Kier alpha value is -3.83. The number of nitrogens with one attached hydrogen (secondary N) is 3. The Bertz CT molecular complexity index is 1130. The van der Waals surface area contributed by atoms with E-state index >= 15 is 0 Å². The predicted molar refractivity (Wildman–Crippen MR) is 123 cm³/mol. The zero-order valence-corrected chi connectivity index (χ0v) is 19.5. The van der Waals surface area contributed by atoms with Crippen LogP contribution in [0.25, 0.3) is 5.69 Å². The summed E-state index contributed by atoms with van der Waals surface area (Å²) < 4.78 is 6.58. The van der Waals surface area contributed by atoms with E-state index in [1.807, 2.05) is 0 Å². The number of carbonyl (C=O) groups excluding carboxylic acids is 3. The summed E-state index contributed by atoms with van der Waals surface area (Å²) in [5.41, 5.74) is 5.89. The number of ether oxygens (including phenoxy) is 1. The van der Waals surface area contributed by atoms with E-state index in [0.717, 1.165) is 0 Å². The molecule has 2 atom stereocenters. The first-order chi connectivity index (χ1) is 16.2. The molecule has 34 heavy (non-hydrogen) atoms. The number of aromatic nitrogens is 4. The van der Waals surface area contributed by atoms with Gasteiger partial charge in [-0.1, -0.05) is 41.9 Å². The van der Waals surface area contributed by atoms with Crippen molar-refractivity contribution in [3.8, 4) is 5.69 Å². The number of benzene rings is 2. The van der Waals surface area contributed by atoms with Gasteiger partial charge in [-0.2, -0.15) is 4.68 Å². The molecule has 3 aromatic rings. The lowest BCUT2D eigenvalue weighted by molar-refractivity contribution is -0.110. The molecule has 2 aromatic carbocycles. The molecule has 0 aliphatic heterocycles. The number of alkyl carbamates (subject to hydrolysis) is 1. The van der Waals surface area contributed by atoms with E-state index in [0.29, 0.717) is 22.6 Å². The summed E-state index contributed by atoms with van der Waals surface area (Å²) in [5.74, 6) is -0.559. The summed E-state index contributed by atoms with van der Waals surface area (Å²) in [4.78, 5) is 37.3. The molecule has 0 radical (unpaired) electrons. The smallest absolute Gasteiger partial charge is 0.408 e. The van der Waals surface area contributed by atoms with Gasteiger partial charge in [0.05, 0.1) is 17.3 Å². The van der Waals surface area contributed by atoms with Gasteiger partial charge in [0.15, 0.2) is 0 Å². The van der Waals surface area contributed by atoms with Crippen LogP contribution in [0.3, 0.4) is 0 Å². The minimum atomic E-state index is -1.06. The van der Waals surface area contributed by atoms with Crippen molar-refractivity contribution in [1.82, 2.24) is 36.4 Å². The summed E-state index contributed by atoms with van der Waals surface area (Å²) >= 11 is 6.09. The lowest BCUT2D eigenvalue weighted by Crippen LogP contribution is -2.51. The molecule has 2 unspecified atom stereocenters. The van der Waals surface area contributed by atoms with Crippen LogP contribution in [0.1, 0.15) is 42.7 Å². The van der Waals surface area contributed by atoms with Crippen molar-refractivity contribution in [1.29, 1.82) is 0 Å². The van der Waals surface area contributed by atoms with Crippen LogP contribution in [-0.4, -0.2) is 50.1 Å². The zero-order chi connectivity index (χ0) is 24.7. The van der Waals surface area contributed by atoms with Gasteiger partial charge in [0.25, 0.3) is 5.91 Å². The van der Waals surface area contributed by atoms with Crippen molar-refractivity contribution < 1.29 is 19.1 Å². The number of rotatable bonds is 8. The molecule has 0 bridgehead atoms. The van der Waals surface area contributed by atoms with E-state index in [9.17, 15) is 14.4 Å². The Balaban J connectivity index is 1.83. The summed E-state index contributed by atoms with van der Waals surface area (Å²) in [6.07, 6.45) is 1.13. The fourth-order valence-corrected chi connectivity index (χ4v) is 3.22. The summed E-state index contributed by atoms with van der Waals surface area (Å²) in [6, 6.07) is 11.6. The molecule has 0 aliphatic rings. The molecular weight excluding hydrogens is 462 g/mol. The summed E-state index contributed by atoms with van der Waals surface area (Å²) in [7, 11) is 0. The minimum absolute atomic E-state index is 0.182. The van der Waals surface area contributed by atoms with Crippen molar-refractivity contribution in [2.24, 2.45) is 0 Å². The largest absolute Gasteiger partial charge is 0.444 e. The van der Waals surface area contributed by atoms with Gasteiger partial charge in [-0.15, -0.1) is 5.10 Å². The van der Waals surface area contributed by atoms with Crippen LogP contribution in [0, 0.1) is 0 Å². The number of tetrazole rings is 1. The average molecular weight is 486 g/mol. The van der Waals surface area contributed by atoms with Crippen LogP contribution in [0.4, 0.5) is 4.79 Å². The normalized spacial score (nSPS) is 12.9. The lowest BCUT2D eigenvalue weighted by Gasteiger charge is -2.27. The second kappa shape index (κ2) is 10.9. The van der Waals surface area contributed by atoms with E-state index in [1.54, 1.807) is 63.2 Å². The van der Waals surface area contributed by atoms with Crippen molar-refractivity contribution in [2.75, 3.05) is 0 Å². The van der Waals surface area contributed by atoms with Crippen molar-refractivity contribution in [3.63, 3.8) is 0 Å². The van der Waals surface area contributed by atoms with Gasteiger partial charge in [0.1, 0.15) is 24.3 Å². The van der Waals surface area contributed by atoms with E-state index in [2.05, 4.69) is 31.7 Å². The fraction of sp³-hybridized carbons (Fsp3) is 0.273. The molecule has 0 aliphatic carbocycles. The van der Waals surface area contributed by atoms with Gasteiger partial charge in [0, 0.05) is 5.02 Å². The highest BCUT2D eigenvalue weighted by Crippen LogP contribution is 2.20. The van der Waals surface area contributed by atoms with Crippen LogP contribution >= 0.6 is 11.6 Å². The highest BCUT2D eigenvalue weighted by atomic mass is 35.5. The van der Waals surface area contributed by atoms with Crippen LogP contribution in [0.2, 0.25) is 5.02 Å². The van der Waals surface area contributed by atoms with Crippen LogP contribution < -0.4 is 16.2 Å². The number of carbonyl (C=O) groups is 3. The number of hydrazine groups is 1. The van der Waals surface area contributed by atoms with Crippen molar-refractivity contribution in [3.05, 3.63) is 71.0 Å². The van der Waals surface area contributed by atoms with E-state index in [-0.39, 0.29) is 5.56 Å². The molecule has 0 spiro atoms. The van der Waals surface area contributed by atoms with Crippen LogP contribution in [0.5, 0.6) is 0 Å². The fourth-order valence-electron chi connectivity index (χ4n) is 3.05. The highest BCUT2D eigenvalue weighted by Gasteiger charge is 2.28. The first-order valence-electron chi connectivity index (χ1n) is 10.3. The van der Waals surface area contributed by atoms with E-state index in [1.165, 1.54) is 17.1 Å². The van der Waals surface area contributed by atoms with Gasteiger partial charge in [-0.25, -0.2) is 10.2 Å². The topological polar surface area (TPSA) is 140 Å². The highest BCUT2D eigenvalue weighted by molar-refractivity contribution is 6.31. The molecule has 1 heterocycles. The Morgan fingerprint density at radius 2 is 1.88 bits per heavy atom. The van der Waals surface area contributed by atoms with Gasteiger partial charge in [0.2, 0.25) is 0 Å². The lowest BCUT2D eigenvalue weighted by atomic mass is 10.0. The molecule has 12 heteroatoms. The summed E-state index contributed by atoms with van der Waals surface area (Å²) in [5, 5.41) is 13.8. The first kappa shape index (κ1) is 24.8. The second-order valence-electron chi connectivity index (χ2n) is 8.21. The average Bonchev–Trinajstić information content (AvgIpc) is 3.32. The van der Waals surface area contributed by atoms with Crippen molar-refractivity contribution in [2.45, 2.75) is 38.5 Å². The third kappa shape index (κ3) is 6.59. The SMILES string of the molecule is CC(C)(C)OC(=O)NC(C=O)C(NNC(=O)c1cc(Cl)ccc1-n1cnnn1)c1ccccc1. The number of hydrogen-bond donors (Lipinski definition) is 3. The number of amides is 2. The molecule has 0 saturated carbocycles. The maximum Gasteiger partial charge on any atom is 0.408 e. The van der Waals surface area contributed by atoms with Gasteiger partial charge in [-0.3, -0.25) is 10.2 Å². The predicted octanol–water partition coefficient (Wildman–Crippen LogP) is 2.38. The zero-order valence-electron chi connectivity index (χ0n) is 18.7. The maximum atomic E-state index is 13.1. The number of halogens is 1.